The summed E-state index contributed by atoms with van der Waals surface area (Å²) in [5.74, 6) is 1.57. The van der Waals surface area contributed by atoms with Crippen molar-refractivity contribution in [3.8, 4) is 11.1 Å². The van der Waals surface area contributed by atoms with Crippen LogP contribution < -0.4 is 10.6 Å². The molecule has 160 valence electrons. The zero-order valence-corrected chi connectivity index (χ0v) is 19.7. The lowest BCUT2D eigenvalue weighted by Gasteiger charge is -2.31. The second-order valence-electron chi connectivity index (χ2n) is 9.51. The van der Waals surface area contributed by atoms with Crippen LogP contribution in [0.25, 0.3) is 11.1 Å². The average Bonchev–Trinajstić information content (AvgIpc) is 2.86. The first-order valence-corrected chi connectivity index (χ1v) is 13.4. The lowest BCUT2D eigenvalue weighted by atomic mass is 9.76. The summed E-state index contributed by atoms with van der Waals surface area (Å²) in [6.45, 7) is 0. The average molecular weight is 427 g/mol. The summed E-state index contributed by atoms with van der Waals surface area (Å²) in [4.78, 5) is 0. The van der Waals surface area contributed by atoms with Crippen LogP contribution in [-0.4, -0.2) is 0 Å². The number of rotatable bonds is 5. The van der Waals surface area contributed by atoms with Crippen molar-refractivity contribution in [1.82, 2.24) is 0 Å². The maximum atomic E-state index is 2.50. The van der Waals surface area contributed by atoms with E-state index in [1.54, 1.807) is 16.4 Å². The second-order valence-corrected chi connectivity index (χ2v) is 10.8. The lowest BCUT2D eigenvalue weighted by Crippen LogP contribution is -2.20. The van der Waals surface area contributed by atoms with E-state index >= 15 is 0 Å². The minimum Gasteiger partial charge on any atom is -0.0622 e. The van der Waals surface area contributed by atoms with Crippen LogP contribution in [0, 0.1) is 0 Å². The van der Waals surface area contributed by atoms with Crippen molar-refractivity contribution in [2.24, 2.45) is 0 Å². The van der Waals surface area contributed by atoms with Crippen molar-refractivity contribution in [2.75, 3.05) is 0 Å². The fourth-order valence-electron chi connectivity index (χ4n) is 5.92. The molecule has 2 aliphatic rings. The molecule has 3 aromatic rings. The third-order valence-corrected chi connectivity index (χ3v) is 8.89. The van der Waals surface area contributed by atoms with Crippen LogP contribution in [0.3, 0.4) is 0 Å². The third kappa shape index (κ3) is 4.80. The Labute approximate surface area is 190 Å². The maximum absolute atomic E-state index is 2.50. The first kappa shape index (κ1) is 21.0. The monoisotopic (exact) mass is 426 g/mol. The van der Waals surface area contributed by atoms with Crippen LogP contribution >= 0.6 is 8.58 Å². The van der Waals surface area contributed by atoms with Gasteiger partial charge in [0.05, 0.1) is 0 Å². The largest absolute Gasteiger partial charge is 0.0622 e. The molecule has 0 amide bonds. The van der Waals surface area contributed by atoms with Gasteiger partial charge in [-0.15, -0.1) is 0 Å². The molecule has 0 aromatic heterocycles. The van der Waals surface area contributed by atoms with Gasteiger partial charge in [0, 0.05) is 0 Å². The van der Waals surface area contributed by atoms with Crippen molar-refractivity contribution in [3.05, 3.63) is 83.9 Å². The Bertz CT molecular complexity index is 978. The third-order valence-electron chi connectivity index (χ3n) is 7.48. The first-order valence-electron chi connectivity index (χ1n) is 12.4. The number of benzene rings is 3. The highest BCUT2D eigenvalue weighted by Gasteiger charge is 2.26. The molecule has 0 N–H and O–H groups in total. The van der Waals surface area contributed by atoms with E-state index in [0.29, 0.717) is 0 Å². The molecule has 0 heterocycles. The summed E-state index contributed by atoms with van der Waals surface area (Å²) in [5, 5.41) is 3.12. The van der Waals surface area contributed by atoms with E-state index in [1.165, 1.54) is 80.6 Å². The van der Waals surface area contributed by atoms with E-state index in [1.807, 2.05) is 0 Å². The minimum absolute atomic E-state index is 0.735. The Kier molecular flexibility index (Phi) is 6.86. The second kappa shape index (κ2) is 10.1. The summed E-state index contributed by atoms with van der Waals surface area (Å²) in [6, 6.07) is 27.3. The number of hydrogen-bond acceptors (Lipinski definition) is 0. The lowest BCUT2D eigenvalue weighted by molar-refractivity contribution is 0.420. The van der Waals surface area contributed by atoms with E-state index in [9.17, 15) is 0 Å². The molecule has 0 spiro atoms. The van der Waals surface area contributed by atoms with Crippen LogP contribution in [0.1, 0.15) is 87.2 Å². The normalized spacial score (nSPS) is 18.6. The zero-order valence-electron chi connectivity index (χ0n) is 18.7. The summed E-state index contributed by atoms with van der Waals surface area (Å²) < 4.78 is 0. The van der Waals surface area contributed by atoms with Crippen LogP contribution in [-0.2, 0) is 0 Å². The van der Waals surface area contributed by atoms with Gasteiger partial charge >= 0.3 is 0 Å². The van der Waals surface area contributed by atoms with Crippen LogP contribution in [0.15, 0.2) is 72.8 Å². The van der Waals surface area contributed by atoms with E-state index in [0.717, 1.165) is 20.4 Å². The molecule has 1 unspecified atom stereocenters. The van der Waals surface area contributed by atoms with Crippen molar-refractivity contribution in [2.45, 2.75) is 76.0 Å². The molecular formula is C30H35P. The maximum Gasteiger partial charge on any atom is -0.0106 e. The fraction of sp³-hybridized carbons (Fsp3) is 0.400. The van der Waals surface area contributed by atoms with E-state index in [-0.39, 0.29) is 0 Å². The Morgan fingerprint density at radius 2 is 1.13 bits per heavy atom. The van der Waals surface area contributed by atoms with E-state index in [2.05, 4.69) is 72.8 Å². The van der Waals surface area contributed by atoms with Crippen molar-refractivity contribution < 1.29 is 0 Å². The molecule has 2 saturated carbocycles. The molecule has 3 aromatic carbocycles. The van der Waals surface area contributed by atoms with Crippen LogP contribution in [0.2, 0.25) is 0 Å². The van der Waals surface area contributed by atoms with Gasteiger partial charge in [-0.3, -0.25) is 0 Å². The number of hydrogen-bond donors (Lipinski definition) is 0. The summed E-state index contributed by atoms with van der Waals surface area (Å²) in [6.07, 6.45) is 14.1. The van der Waals surface area contributed by atoms with Gasteiger partial charge in [-0.2, -0.15) is 0 Å². The molecule has 2 aliphatic carbocycles. The van der Waals surface area contributed by atoms with Gasteiger partial charge in [0.1, 0.15) is 0 Å². The molecule has 0 aliphatic heterocycles. The van der Waals surface area contributed by atoms with E-state index in [4.69, 9.17) is 0 Å². The summed E-state index contributed by atoms with van der Waals surface area (Å²) >= 11 is 0. The molecule has 0 saturated heterocycles. The molecule has 1 heteroatoms. The summed E-state index contributed by atoms with van der Waals surface area (Å²) in [7, 11) is 0.735. The molecule has 0 nitrogen and oxygen atoms in total. The quantitative estimate of drug-likeness (QED) is 0.362. The Morgan fingerprint density at radius 3 is 1.87 bits per heavy atom. The standard InChI is InChI=1S/C30H35P/c1-4-13-23(14-5-1)26-19-10-11-21-28(26)31-29-22-12-20-27(24-15-6-2-7-16-24)30(29)25-17-8-3-9-18-25/h1,4-5,10-14,19-22,24-25,31H,2-3,6-9,15-18H2. The smallest absolute Gasteiger partial charge is 0.0106 e. The minimum atomic E-state index is 0.735. The van der Waals surface area contributed by atoms with Gasteiger partial charge in [0.2, 0.25) is 0 Å². The van der Waals surface area contributed by atoms with Gasteiger partial charge in [-0.1, -0.05) is 120 Å². The topological polar surface area (TPSA) is 0 Å². The van der Waals surface area contributed by atoms with Gasteiger partial charge in [-0.25, -0.2) is 0 Å². The van der Waals surface area contributed by atoms with Gasteiger partial charge in [0.25, 0.3) is 0 Å². The molecule has 0 radical (unpaired) electrons. The van der Waals surface area contributed by atoms with Gasteiger partial charge in [-0.05, 0) is 70.4 Å². The fourth-order valence-corrected chi connectivity index (χ4v) is 7.41. The van der Waals surface area contributed by atoms with Crippen molar-refractivity contribution in [1.29, 1.82) is 0 Å². The molecule has 0 bridgehead atoms. The summed E-state index contributed by atoms with van der Waals surface area (Å²) in [5.41, 5.74) is 6.22. The molecule has 2 fully saturated rings. The molecule has 31 heavy (non-hydrogen) atoms. The van der Waals surface area contributed by atoms with Crippen molar-refractivity contribution in [3.63, 3.8) is 0 Å². The molecule has 1 atom stereocenters. The predicted molar refractivity (Wildman–Crippen MR) is 138 cm³/mol. The predicted octanol–water partition coefficient (Wildman–Crippen LogP) is 8.08. The SMILES string of the molecule is c1ccc(-c2ccccc2Pc2cccc(C3CCCCC3)c2C2CCCCC2)cc1. The highest BCUT2D eigenvalue weighted by molar-refractivity contribution is 7.56. The molecular weight excluding hydrogens is 391 g/mol. The first-order chi connectivity index (χ1) is 15.4. The highest BCUT2D eigenvalue weighted by atomic mass is 31.1. The van der Waals surface area contributed by atoms with Crippen LogP contribution in [0.4, 0.5) is 0 Å². The Morgan fingerprint density at radius 1 is 0.516 bits per heavy atom. The van der Waals surface area contributed by atoms with E-state index < -0.39 is 0 Å². The Hall–Kier alpha value is -1.91. The van der Waals surface area contributed by atoms with Gasteiger partial charge in [0.15, 0.2) is 0 Å². The molecule has 5 rings (SSSR count). The Balaban J connectivity index is 1.55. The van der Waals surface area contributed by atoms with Crippen LogP contribution in [0.5, 0.6) is 0 Å². The highest BCUT2D eigenvalue weighted by Crippen LogP contribution is 2.42. The van der Waals surface area contributed by atoms with Gasteiger partial charge < -0.3 is 0 Å². The van der Waals surface area contributed by atoms with Crippen molar-refractivity contribution >= 4 is 19.2 Å². The zero-order chi connectivity index (χ0) is 20.9.